The average Bonchev–Trinajstić information content (AvgIpc) is 2.54. The van der Waals surface area contributed by atoms with Gasteiger partial charge in [0.25, 0.3) is 6.02 Å². The van der Waals surface area contributed by atoms with E-state index < -0.39 is 5.60 Å². The number of carbonyl (C=O) groups excluding carboxylic acids is 1. The van der Waals surface area contributed by atoms with Crippen molar-refractivity contribution in [3.63, 3.8) is 0 Å². The molecule has 2 N–H and O–H groups in total. The van der Waals surface area contributed by atoms with E-state index in [2.05, 4.69) is 4.99 Å². The molecule has 2 aliphatic heterocycles. The molecule has 0 bridgehead atoms. The molecule has 2 rings (SSSR count). The normalized spacial score (nSPS) is 28.2. The molecule has 0 radical (unpaired) electrons. The lowest BCUT2D eigenvalue weighted by molar-refractivity contribution is -0.00760. The fourth-order valence-electron chi connectivity index (χ4n) is 2.05. The highest BCUT2D eigenvalue weighted by atomic mass is 16.6. The SMILES string of the molecule is CC(C)(C)OC(=O)N1CCC[C@H]2OC(N)=N[C@H]21. The summed E-state index contributed by atoms with van der Waals surface area (Å²) in [5.41, 5.74) is 5.03. The first-order valence-corrected chi connectivity index (χ1v) is 5.86. The van der Waals surface area contributed by atoms with Gasteiger partial charge in [0, 0.05) is 6.54 Å². The second kappa shape index (κ2) is 4.09. The molecule has 0 aromatic carbocycles. The molecule has 96 valence electrons. The van der Waals surface area contributed by atoms with Gasteiger partial charge < -0.3 is 15.2 Å². The first kappa shape index (κ1) is 12.0. The molecule has 0 spiro atoms. The van der Waals surface area contributed by atoms with Gasteiger partial charge in [-0.1, -0.05) is 0 Å². The van der Waals surface area contributed by atoms with Crippen molar-refractivity contribution in [1.82, 2.24) is 4.90 Å². The van der Waals surface area contributed by atoms with E-state index in [1.54, 1.807) is 4.90 Å². The topological polar surface area (TPSA) is 77.1 Å². The minimum Gasteiger partial charge on any atom is -0.458 e. The number of ether oxygens (including phenoxy) is 2. The second-order valence-electron chi connectivity index (χ2n) is 5.35. The Hall–Kier alpha value is -1.46. The number of aliphatic imine (C=N–C) groups is 1. The van der Waals surface area contributed by atoms with Crippen LogP contribution in [0.3, 0.4) is 0 Å². The molecular weight excluding hydrogens is 222 g/mol. The maximum Gasteiger partial charge on any atom is 0.412 e. The van der Waals surface area contributed by atoms with Gasteiger partial charge in [0.15, 0.2) is 6.17 Å². The van der Waals surface area contributed by atoms with Crippen LogP contribution < -0.4 is 5.73 Å². The predicted molar refractivity (Wildman–Crippen MR) is 62.5 cm³/mol. The molecule has 6 nitrogen and oxygen atoms in total. The van der Waals surface area contributed by atoms with Gasteiger partial charge in [-0.15, -0.1) is 0 Å². The number of nitrogens with two attached hydrogens (primary N) is 1. The van der Waals surface area contributed by atoms with E-state index in [0.717, 1.165) is 12.8 Å². The molecule has 1 saturated heterocycles. The minimum absolute atomic E-state index is 0.115. The average molecular weight is 241 g/mol. The van der Waals surface area contributed by atoms with Gasteiger partial charge in [-0.25, -0.2) is 9.79 Å². The van der Waals surface area contributed by atoms with Gasteiger partial charge in [0.2, 0.25) is 0 Å². The van der Waals surface area contributed by atoms with Crippen molar-refractivity contribution in [2.45, 2.75) is 51.5 Å². The monoisotopic (exact) mass is 241 g/mol. The quantitative estimate of drug-likeness (QED) is 0.687. The Morgan fingerprint density at radius 2 is 2.29 bits per heavy atom. The number of amidine groups is 1. The van der Waals surface area contributed by atoms with Crippen LogP contribution in [0.25, 0.3) is 0 Å². The van der Waals surface area contributed by atoms with Crippen LogP contribution in [0.4, 0.5) is 4.79 Å². The van der Waals surface area contributed by atoms with Crippen LogP contribution >= 0.6 is 0 Å². The molecule has 1 amide bonds. The third kappa shape index (κ3) is 2.62. The zero-order chi connectivity index (χ0) is 12.6. The molecular formula is C11H19N3O3. The second-order valence-corrected chi connectivity index (χ2v) is 5.35. The highest BCUT2D eigenvalue weighted by Gasteiger charge is 2.41. The number of carbonyl (C=O) groups is 1. The van der Waals surface area contributed by atoms with Crippen LogP contribution in [0.2, 0.25) is 0 Å². The van der Waals surface area contributed by atoms with Crippen molar-refractivity contribution in [3.8, 4) is 0 Å². The van der Waals surface area contributed by atoms with Gasteiger partial charge in [-0.3, -0.25) is 4.90 Å². The summed E-state index contributed by atoms with van der Waals surface area (Å²) in [5.74, 6) is 0. The molecule has 1 fully saturated rings. The maximum absolute atomic E-state index is 12.0. The van der Waals surface area contributed by atoms with Crippen LogP contribution in [0.1, 0.15) is 33.6 Å². The van der Waals surface area contributed by atoms with Gasteiger partial charge in [0.1, 0.15) is 11.7 Å². The van der Waals surface area contributed by atoms with E-state index in [0.29, 0.717) is 6.54 Å². The summed E-state index contributed by atoms with van der Waals surface area (Å²) in [6.07, 6.45) is 0.960. The fourth-order valence-corrected chi connectivity index (χ4v) is 2.05. The number of nitrogens with zero attached hydrogens (tertiary/aromatic N) is 2. The third-order valence-corrected chi connectivity index (χ3v) is 2.70. The number of fused-ring (bicyclic) bond motifs is 1. The molecule has 2 aliphatic rings. The molecule has 6 heteroatoms. The predicted octanol–water partition coefficient (Wildman–Crippen LogP) is 1.06. The van der Waals surface area contributed by atoms with E-state index >= 15 is 0 Å². The molecule has 2 atom stereocenters. The Balaban J connectivity index is 2.07. The van der Waals surface area contributed by atoms with Crippen LogP contribution in [-0.4, -0.2) is 41.4 Å². The Morgan fingerprint density at radius 1 is 1.59 bits per heavy atom. The Kier molecular flexibility index (Phi) is 2.89. The van der Waals surface area contributed by atoms with E-state index in [4.69, 9.17) is 15.2 Å². The minimum atomic E-state index is -0.501. The largest absolute Gasteiger partial charge is 0.458 e. The van der Waals surface area contributed by atoms with Crippen molar-refractivity contribution < 1.29 is 14.3 Å². The summed E-state index contributed by atoms with van der Waals surface area (Å²) in [6, 6.07) is 0.162. The Labute approximate surface area is 101 Å². The van der Waals surface area contributed by atoms with Crippen molar-refractivity contribution >= 4 is 12.1 Å². The number of hydrogen-bond acceptors (Lipinski definition) is 5. The molecule has 0 unspecified atom stereocenters. The van der Waals surface area contributed by atoms with E-state index in [1.165, 1.54) is 0 Å². The first-order valence-electron chi connectivity index (χ1n) is 5.86. The van der Waals surface area contributed by atoms with E-state index in [9.17, 15) is 4.79 Å². The van der Waals surface area contributed by atoms with Crippen molar-refractivity contribution in [2.24, 2.45) is 10.7 Å². The number of amides is 1. The first-order chi connectivity index (χ1) is 7.87. The van der Waals surface area contributed by atoms with Crippen LogP contribution in [0.15, 0.2) is 4.99 Å². The molecule has 0 aromatic rings. The highest BCUT2D eigenvalue weighted by Crippen LogP contribution is 2.27. The smallest absolute Gasteiger partial charge is 0.412 e. The van der Waals surface area contributed by atoms with Crippen LogP contribution in [-0.2, 0) is 9.47 Å². The highest BCUT2D eigenvalue weighted by molar-refractivity contribution is 5.75. The fraction of sp³-hybridized carbons (Fsp3) is 0.818. The lowest BCUT2D eigenvalue weighted by Gasteiger charge is -2.35. The molecule has 2 heterocycles. The standard InChI is InChI=1S/C11H19N3O3/c1-11(2,3)17-10(15)14-6-4-5-7-8(14)13-9(12)16-7/h7-8H,4-6H2,1-3H3,(H2,12,13)/t7-,8+/m1/s1. The van der Waals surface area contributed by atoms with E-state index in [-0.39, 0.29) is 24.4 Å². The summed E-state index contributed by atoms with van der Waals surface area (Å²) < 4.78 is 10.7. The van der Waals surface area contributed by atoms with Crippen molar-refractivity contribution in [2.75, 3.05) is 6.54 Å². The van der Waals surface area contributed by atoms with Gasteiger partial charge in [-0.05, 0) is 33.6 Å². The van der Waals surface area contributed by atoms with Gasteiger partial charge >= 0.3 is 6.09 Å². The number of likely N-dealkylation sites (tertiary alicyclic amines) is 1. The number of hydrogen-bond donors (Lipinski definition) is 1. The molecule has 0 saturated carbocycles. The zero-order valence-electron chi connectivity index (χ0n) is 10.5. The lowest BCUT2D eigenvalue weighted by Crippen LogP contribution is -2.50. The van der Waals surface area contributed by atoms with Crippen molar-refractivity contribution in [3.05, 3.63) is 0 Å². The van der Waals surface area contributed by atoms with Gasteiger partial charge in [0.05, 0.1) is 0 Å². The Morgan fingerprint density at radius 3 is 2.94 bits per heavy atom. The molecule has 17 heavy (non-hydrogen) atoms. The third-order valence-electron chi connectivity index (χ3n) is 2.70. The van der Waals surface area contributed by atoms with Crippen molar-refractivity contribution in [1.29, 1.82) is 0 Å². The van der Waals surface area contributed by atoms with Crippen LogP contribution in [0, 0.1) is 0 Å². The summed E-state index contributed by atoms with van der Waals surface area (Å²) in [6.45, 7) is 6.16. The number of rotatable bonds is 0. The summed E-state index contributed by atoms with van der Waals surface area (Å²) in [5, 5.41) is 0. The maximum atomic E-state index is 12.0. The molecule has 0 aromatic heterocycles. The lowest BCUT2D eigenvalue weighted by atomic mass is 10.1. The molecule has 0 aliphatic carbocycles. The van der Waals surface area contributed by atoms with Gasteiger partial charge in [-0.2, -0.15) is 0 Å². The number of piperidine rings is 1. The zero-order valence-corrected chi connectivity index (χ0v) is 10.5. The van der Waals surface area contributed by atoms with Crippen LogP contribution in [0.5, 0.6) is 0 Å². The summed E-state index contributed by atoms with van der Waals surface area (Å²) in [4.78, 5) is 17.7. The summed E-state index contributed by atoms with van der Waals surface area (Å²) in [7, 11) is 0. The van der Waals surface area contributed by atoms with E-state index in [1.807, 2.05) is 20.8 Å². The Bertz CT molecular complexity index is 348. The summed E-state index contributed by atoms with van der Waals surface area (Å²) >= 11 is 0.